The Bertz CT molecular complexity index is 728. The molecule has 124 valence electrons. The number of aromatic nitrogens is 1. The fraction of sp³-hybridized carbons (Fsp3) is 0.278. The summed E-state index contributed by atoms with van der Waals surface area (Å²) in [6.45, 7) is 1.28. The third-order valence-corrected chi connectivity index (χ3v) is 4.86. The Hall–Kier alpha value is -2.21. The van der Waals surface area contributed by atoms with E-state index in [1.165, 1.54) is 0 Å². The number of benzene rings is 1. The summed E-state index contributed by atoms with van der Waals surface area (Å²) >= 11 is 3.42. The first kappa shape index (κ1) is 16.6. The van der Waals surface area contributed by atoms with Crippen LogP contribution >= 0.6 is 15.9 Å². The molecule has 0 spiro atoms. The van der Waals surface area contributed by atoms with E-state index in [0.29, 0.717) is 24.2 Å². The summed E-state index contributed by atoms with van der Waals surface area (Å²) in [6.07, 6.45) is 4.72. The average molecular weight is 388 g/mol. The molecular formula is C18H18BrN3O2. The van der Waals surface area contributed by atoms with Gasteiger partial charge in [-0.15, -0.1) is 0 Å². The van der Waals surface area contributed by atoms with E-state index in [2.05, 4.69) is 26.2 Å². The molecule has 0 radical (unpaired) electrons. The summed E-state index contributed by atoms with van der Waals surface area (Å²) in [5.41, 5.74) is 1.29. The molecule has 1 aromatic carbocycles. The van der Waals surface area contributed by atoms with Gasteiger partial charge in [-0.3, -0.25) is 14.6 Å². The minimum absolute atomic E-state index is 0.0291. The lowest BCUT2D eigenvalue weighted by molar-refractivity contribution is 0.0697. The molecule has 1 N–H and O–H groups in total. The molecule has 1 saturated heterocycles. The van der Waals surface area contributed by atoms with Crippen molar-refractivity contribution < 1.29 is 9.59 Å². The number of hydrogen-bond donors (Lipinski definition) is 1. The van der Waals surface area contributed by atoms with E-state index in [4.69, 9.17) is 0 Å². The van der Waals surface area contributed by atoms with E-state index in [-0.39, 0.29) is 17.9 Å². The second-order valence-corrected chi connectivity index (χ2v) is 6.61. The van der Waals surface area contributed by atoms with E-state index in [1.54, 1.807) is 24.5 Å². The molecular weight excluding hydrogens is 370 g/mol. The summed E-state index contributed by atoms with van der Waals surface area (Å²) in [7, 11) is 0. The molecule has 0 bridgehead atoms. The minimum atomic E-state index is -0.0898. The molecule has 3 rings (SSSR count). The zero-order valence-corrected chi connectivity index (χ0v) is 14.7. The molecule has 1 aliphatic heterocycles. The third-order valence-electron chi connectivity index (χ3n) is 4.16. The van der Waals surface area contributed by atoms with Crippen molar-refractivity contribution in [1.82, 2.24) is 15.2 Å². The number of carbonyl (C=O) groups is 2. The molecule has 1 aromatic heterocycles. The van der Waals surface area contributed by atoms with Crippen LogP contribution in [0.4, 0.5) is 0 Å². The van der Waals surface area contributed by atoms with Crippen LogP contribution in [0.25, 0.3) is 0 Å². The van der Waals surface area contributed by atoms with E-state index in [1.807, 2.05) is 29.2 Å². The average Bonchev–Trinajstić information content (AvgIpc) is 2.63. The Morgan fingerprint density at radius 1 is 1.08 bits per heavy atom. The van der Waals surface area contributed by atoms with Gasteiger partial charge in [0.1, 0.15) is 0 Å². The van der Waals surface area contributed by atoms with Gasteiger partial charge in [0, 0.05) is 41.6 Å². The first-order chi connectivity index (χ1) is 11.6. The van der Waals surface area contributed by atoms with E-state index in [9.17, 15) is 9.59 Å². The topological polar surface area (TPSA) is 62.3 Å². The molecule has 1 fully saturated rings. The van der Waals surface area contributed by atoms with Gasteiger partial charge in [0.05, 0.1) is 5.56 Å². The Balaban J connectivity index is 1.55. The highest BCUT2D eigenvalue weighted by atomic mass is 79.9. The number of hydrogen-bond acceptors (Lipinski definition) is 3. The van der Waals surface area contributed by atoms with Gasteiger partial charge in [0.2, 0.25) is 0 Å². The fourth-order valence-corrected chi connectivity index (χ4v) is 3.26. The van der Waals surface area contributed by atoms with Crippen LogP contribution in [0, 0.1) is 0 Å². The molecule has 24 heavy (non-hydrogen) atoms. The Labute approximate surface area is 149 Å². The molecule has 0 unspecified atom stereocenters. The van der Waals surface area contributed by atoms with Crippen LogP contribution in [0.15, 0.2) is 53.3 Å². The van der Waals surface area contributed by atoms with Crippen LogP contribution in [0.2, 0.25) is 0 Å². The molecule has 1 aliphatic rings. The van der Waals surface area contributed by atoms with Crippen LogP contribution in [-0.4, -0.2) is 40.8 Å². The Kier molecular flexibility index (Phi) is 5.25. The minimum Gasteiger partial charge on any atom is -0.349 e. The summed E-state index contributed by atoms with van der Waals surface area (Å²) in [6, 6.07) is 10.9. The Morgan fingerprint density at radius 2 is 1.75 bits per heavy atom. The van der Waals surface area contributed by atoms with Crippen molar-refractivity contribution in [3.8, 4) is 0 Å². The van der Waals surface area contributed by atoms with Crippen molar-refractivity contribution in [1.29, 1.82) is 0 Å². The fourth-order valence-electron chi connectivity index (χ4n) is 2.80. The maximum Gasteiger partial charge on any atom is 0.254 e. The lowest BCUT2D eigenvalue weighted by Gasteiger charge is -2.32. The second kappa shape index (κ2) is 7.57. The highest BCUT2D eigenvalue weighted by Gasteiger charge is 2.25. The predicted molar refractivity (Wildman–Crippen MR) is 94.8 cm³/mol. The first-order valence-corrected chi connectivity index (χ1v) is 8.69. The highest BCUT2D eigenvalue weighted by Crippen LogP contribution is 2.20. The lowest BCUT2D eigenvalue weighted by Crippen LogP contribution is -2.46. The van der Waals surface area contributed by atoms with Gasteiger partial charge < -0.3 is 10.2 Å². The van der Waals surface area contributed by atoms with Crippen LogP contribution < -0.4 is 5.32 Å². The second-order valence-electron chi connectivity index (χ2n) is 5.76. The van der Waals surface area contributed by atoms with E-state index < -0.39 is 0 Å². The largest absolute Gasteiger partial charge is 0.349 e. The number of pyridine rings is 1. The lowest BCUT2D eigenvalue weighted by atomic mass is 10.0. The monoisotopic (exact) mass is 387 g/mol. The maximum atomic E-state index is 12.6. The quantitative estimate of drug-likeness (QED) is 0.880. The summed E-state index contributed by atoms with van der Waals surface area (Å²) < 4.78 is 0.808. The van der Waals surface area contributed by atoms with Crippen molar-refractivity contribution in [2.24, 2.45) is 0 Å². The van der Waals surface area contributed by atoms with E-state index >= 15 is 0 Å². The zero-order valence-electron chi connectivity index (χ0n) is 13.1. The van der Waals surface area contributed by atoms with Crippen LogP contribution in [0.1, 0.15) is 33.6 Å². The van der Waals surface area contributed by atoms with Gasteiger partial charge in [-0.1, -0.05) is 12.1 Å². The number of halogens is 1. The molecule has 2 aromatic rings. The zero-order chi connectivity index (χ0) is 16.9. The first-order valence-electron chi connectivity index (χ1n) is 7.90. The molecule has 6 heteroatoms. The van der Waals surface area contributed by atoms with Gasteiger partial charge in [0.15, 0.2) is 0 Å². The van der Waals surface area contributed by atoms with Crippen LogP contribution in [0.3, 0.4) is 0 Å². The normalized spacial score (nSPS) is 15.1. The number of likely N-dealkylation sites (tertiary alicyclic amines) is 1. The molecule has 0 aliphatic carbocycles. The van der Waals surface area contributed by atoms with Crippen LogP contribution in [0.5, 0.6) is 0 Å². The summed E-state index contributed by atoms with van der Waals surface area (Å²) in [5.74, 6) is -0.0608. The molecule has 2 amide bonds. The van der Waals surface area contributed by atoms with Gasteiger partial charge in [0.25, 0.3) is 11.8 Å². The van der Waals surface area contributed by atoms with Crippen molar-refractivity contribution in [3.63, 3.8) is 0 Å². The molecule has 0 saturated carbocycles. The molecule has 0 atom stereocenters. The molecule has 2 heterocycles. The number of nitrogens with one attached hydrogen (secondary N) is 1. The van der Waals surface area contributed by atoms with Crippen molar-refractivity contribution in [3.05, 3.63) is 64.4 Å². The number of rotatable bonds is 3. The summed E-state index contributed by atoms with van der Waals surface area (Å²) in [5, 5.41) is 3.03. The van der Waals surface area contributed by atoms with Gasteiger partial charge in [-0.05, 0) is 53.0 Å². The predicted octanol–water partition coefficient (Wildman–Crippen LogP) is 2.88. The highest BCUT2D eigenvalue weighted by molar-refractivity contribution is 9.10. The van der Waals surface area contributed by atoms with Gasteiger partial charge in [-0.25, -0.2) is 0 Å². The van der Waals surface area contributed by atoms with Crippen molar-refractivity contribution >= 4 is 27.7 Å². The van der Waals surface area contributed by atoms with Gasteiger partial charge >= 0.3 is 0 Å². The smallest absolute Gasteiger partial charge is 0.254 e. The van der Waals surface area contributed by atoms with E-state index in [0.717, 1.165) is 17.3 Å². The third kappa shape index (κ3) is 3.82. The SMILES string of the molecule is O=C(NC1CCN(C(=O)c2ccccc2Br)CC1)c1ccncc1. The Morgan fingerprint density at radius 3 is 2.42 bits per heavy atom. The van der Waals surface area contributed by atoms with Crippen molar-refractivity contribution in [2.45, 2.75) is 18.9 Å². The van der Waals surface area contributed by atoms with Crippen LogP contribution in [-0.2, 0) is 0 Å². The number of nitrogens with zero attached hydrogens (tertiary/aromatic N) is 2. The number of amides is 2. The maximum absolute atomic E-state index is 12.6. The summed E-state index contributed by atoms with van der Waals surface area (Å²) in [4.78, 5) is 30.5. The van der Waals surface area contributed by atoms with Gasteiger partial charge in [-0.2, -0.15) is 0 Å². The molecule has 5 nitrogen and oxygen atoms in total. The standard InChI is InChI=1S/C18H18BrN3O2/c19-16-4-2-1-3-15(16)18(24)22-11-7-14(8-12-22)21-17(23)13-5-9-20-10-6-13/h1-6,9-10,14H,7-8,11-12H2,(H,21,23). The number of carbonyl (C=O) groups excluding carboxylic acids is 2. The van der Waals surface area contributed by atoms with Crippen molar-refractivity contribution in [2.75, 3.05) is 13.1 Å². The number of piperidine rings is 1.